The Morgan fingerprint density at radius 3 is 2.84 bits per heavy atom. The van der Waals surface area contributed by atoms with E-state index in [2.05, 4.69) is 4.98 Å². The Labute approximate surface area is 111 Å². The second-order valence-corrected chi connectivity index (χ2v) is 5.28. The van der Waals surface area contributed by atoms with Crippen LogP contribution in [0.25, 0.3) is 0 Å². The number of aromatic nitrogens is 2. The van der Waals surface area contributed by atoms with Crippen LogP contribution in [-0.4, -0.2) is 38.0 Å². The summed E-state index contributed by atoms with van der Waals surface area (Å²) in [6, 6.07) is 0. The van der Waals surface area contributed by atoms with Crippen LogP contribution in [0.15, 0.2) is 12.4 Å². The Morgan fingerprint density at radius 2 is 2.05 bits per heavy atom. The zero-order chi connectivity index (χ0) is 13.4. The molecule has 6 nitrogen and oxygen atoms in total. The summed E-state index contributed by atoms with van der Waals surface area (Å²) in [5.74, 6) is -0.828. The standard InChI is InChI=1S/C13H17N3O3/c17-12(9-2-1-3-10(9)13(18)19)16-7-6-15-5-4-14-11(15)8-16/h4-5,9-10H,1-3,6-8H2,(H,18,19). The van der Waals surface area contributed by atoms with Crippen LogP contribution in [0.5, 0.6) is 0 Å². The van der Waals surface area contributed by atoms with Crippen molar-refractivity contribution in [2.45, 2.75) is 32.4 Å². The number of hydrogen-bond donors (Lipinski definition) is 1. The van der Waals surface area contributed by atoms with Gasteiger partial charge in [-0.2, -0.15) is 0 Å². The number of hydrogen-bond acceptors (Lipinski definition) is 3. The maximum absolute atomic E-state index is 12.5. The fraction of sp³-hybridized carbons (Fsp3) is 0.615. The highest BCUT2D eigenvalue weighted by molar-refractivity contribution is 5.85. The van der Waals surface area contributed by atoms with Crippen LogP contribution in [0.4, 0.5) is 0 Å². The van der Waals surface area contributed by atoms with Gasteiger partial charge in [-0.1, -0.05) is 6.42 Å². The molecule has 3 rings (SSSR count). The Morgan fingerprint density at radius 1 is 1.26 bits per heavy atom. The highest BCUT2D eigenvalue weighted by Gasteiger charge is 2.40. The highest BCUT2D eigenvalue weighted by Crippen LogP contribution is 2.34. The van der Waals surface area contributed by atoms with Gasteiger partial charge in [0.15, 0.2) is 0 Å². The number of imidazole rings is 1. The van der Waals surface area contributed by atoms with Gasteiger partial charge in [-0.25, -0.2) is 4.98 Å². The first-order chi connectivity index (χ1) is 9.16. The van der Waals surface area contributed by atoms with Crippen molar-refractivity contribution in [1.29, 1.82) is 0 Å². The van der Waals surface area contributed by atoms with Gasteiger partial charge in [-0.15, -0.1) is 0 Å². The molecule has 0 aromatic carbocycles. The van der Waals surface area contributed by atoms with Gasteiger partial charge >= 0.3 is 5.97 Å². The zero-order valence-corrected chi connectivity index (χ0v) is 10.7. The largest absolute Gasteiger partial charge is 0.481 e. The summed E-state index contributed by atoms with van der Waals surface area (Å²) in [4.78, 5) is 29.6. The number of nitrogens with zero attached hydrogens (tertiary/aromatic N) is 3. The fourth-order valence-corrected chi connectivity index (χ4v) is 3.15. The predicted octanol–water partition coefficient (Wildman–Crippen LogP) is 0.726. The SMILES string of the molecule is O=C(O)C1CCCC1C(=O)N1CCn2ccnc2C1. The van der Waals surface area contributed by atoms with E-state index in [1.165, 1.54) is 0 Å². The number of aliphatic carboxylic acids is 1. The van der Waals surface area contributed by atoms with E-state index >= 15 is 0 Å². The van der Waals surface area contributed by atoms with Crippen molar-refractivity contribution in [2.75, 3.05) is 6.54 Å². The Balaban J connectivity index is 1.73. The predicted molar refractivity (Wildman–Crippen MR) is 66.1 cm³/mol. The summed E-state index contributed by atoms with van der Waals surface area (Å²) in [6.45, 7) is 1.88. The monoisotopic (exact) mass is 263 g/mol. The Kier molecular flexibility index (Phi) is 3.00. The van der Waals surface area contributed by atoms with Gasteiger partial charge in [0.1, 0.15) is 5.82 Å². The van der Waals surface area contributed by atoms with Crippen molar-refractivity contribution in [1.82, 2.24) is 14.5 Å². The van der Waals surface area contributed by atoms with Crippen molar-refractivity contribution in [3.63, 3.8) is 0 Å². The van der Waals surface area contributed by atoms with E-state index in [1.54, 1.807) is 11.1 Å². The van der Waals surface area contributed by atoms with Gasteiger partial charge in [0.25, 0.3) is 0 Å². The Bertz CT molecular complexity index is 511. The van der Waals surface area contributed by atoms with E-state index in [-0.39, 0.29) is 11.8 Å². The average Bonchev–Trinajstić information content (AvgIpc) is 3.05. The molecule has 2 unspecified atom stereocenters. The van der Waals surface area contributed by atoms with Gasteiger partial charge in [0.05, 0.1) is 18.4 Å². The van der Waals surface area contributed by atoms with E-state index in [1.807, 2.05) is 10.8 Å². The number of fused-ring (bicyclic) bond motifs is 1. The minimum atomic E-state index is -0.839. The molecule has 0 saturated heterocycles. The number of rotatable bonds is 2. The number of amides is 1. The molecule has 2 heterocycles. The Hall–Kier alpha value is -1.85. The summed E-state index contributed by atoms with van der Waals surface area (Å²) in [7, 11) is 0. The van der Waals surface area contributed by atoms with Crippen LogP contribution >= 0.6 is 0 Å². The molecular weight excluding hydrogens is 246 g/mol. The first-order valence-corrected chi connectivity index (χ1v) is 6.68. The van der Waals surface area contributed by atoms with Crippen molar-refractivity contribution < 1.29 is 14.7 Å². The molecule has 0 radical (unpaired) electrons. The van der Waals surface area contributed by atoms with E-state index in [4.69, 9.17) is 5.11 Å². The molecule has 1 aromatic heterocycles. The second kappa shape index (κ2) is 4.68. The van der Waals surface area contributed by atoms with E-state index in [9.17, 15) is 9.59 Å². The van der Waals surface area contributed by atoms with Crippen LogP contribution in [0.1, 0.15) is 25.1 Å². The fourth-order valence-electron chi connectivity index (χ4n) is 3.15. The van der Waals surface area contributed by atoms with Gasteiger partial charge in [0, 0.05) is 25.5 Å². The molecule has 1 N–H and O–H groups in total. The molecule has 2 atom stereocenters. The number of carboxylic acid groups (broad SMARTS) is 1. The lowest BCUT2D eigenvalue weighted by molar-refractivity contribution is -0.149. The molecule has 0 bridgehead atoms. The van der Waals surface area contributed by atoms with E-state index < -0.39 is 11.9 Å². The van der Waals surface area contributed by atoms with Crippen molar-refractivity contribution in [2.24, 2.45) is 11.8 Å². The van der Waals surface area contributed by atoms with Crippen LogP contribution in [-0.2, 0) is 22.7 Å². The molecule has 1 amide bonds. The summed E-state index contributed by atoms with van der Waals surface area (Å²) >= 11 is 0. The molecule has 1 aliphatic heterocycles. The molecule has 19 heavy (non-hydrogen) atoms. The summed E-state index contributed by atoms with van der Waals surface area (Å²) in [6.07, 6.45) is 5.79. The third-order valence-electron chi connectivity index (χ3n) is 4.21. The summed E-state index contributed by atoms with van der Waals surface area (Å²) in [5.41, 5.74) is 0. The van der Waals surface area contributed by atoms with Crippen molar-refractivity contribution in [3.05, 3.63) is 18.2 Å². The highest BCUT2D eigenvalue weighted by atomic mass is 16.4. The van der Waals surface area contributed by atoms with E-state index in [0.29, 0.717) is 25.9 Å². The lowest BCUT2D eigenvalue weighted by Crippen LogP contribution is -2.43. The molecule has 2 aliphatic rings. The molecule has 1 fully saturated rings. The topological polar surface area (TPSA) is 75.4 Å². The minimum Gasteiger partial charge on any atom is -0.481 e. The average molecular weight is 263 g/mol. The van der Waals surface area contributed by atoms with Gasteiger partial charge < -0.3 is 14.6 Å². The van der Waals surface area contributed by atoms with Gasteiger partial charge in [-0.3, -0.25) is 9.59 Å². The quantitative estimate of drug-likeness (QED) is 0.853. The first kappa shape index (κ1) is 12.2. The number of carbonyl (C=O) groups is 2. The minimum absolute atomic E-state index is 0.0147. The van der Waals surface area contributed by atoms with E-state index in [0.717, 1.165) is 18.8 Å². The van der Waals surface area contributed by atoms with Crippen LogP contribution in [0.2, 0.25) is 0 Å². The van der Waals surface area contributed by atoms with Crippen LogP contribution in [0, 0.1) is 11.8 Å². The molecule has 1 aromatic rings. The third-order valence-corrected chi connectivity index (χ3v) is 4.21. The second-order valence-electron chi connectivity index (χ2n) is 5.28. The zero-order valence-electron chi connectivity index (χ0n) is 10.7. The van der Waals surface area contributed by atoms with Crippen molar-refractivity contribution in [3.8, 4) is 0 Å². The first-order valence-electron chi connectivity index (χ1n) is 6.68. The van der Waals surface area contributed by atoms with Crippen LogP contribution in [0.3, 0.4) is 0 Å². The lowest BCUT2D eigenvalue weighted by Gasteiger charge is -2.30. The van der Waals surface area contributed by atoms with Crippen molar-refractivity contribution >= 4 is 11.9 Å². The number of carboxylic acids is 1. The molecule has 1 saturated carbocycles. The molecule has 0 spiro atoms. The molecule has 6 heteroatoms. The lowest BCUT2D eigenvalue weighted by atomic mass is 9.94. The molecule has 1 aliphatic carbocycles. The maximum atomic E-state index is 12.5. The number of carbonyl (C=O) groups excluding carboxylic acids is 1. The summed E-state index contributed by atoms with van der Waals surface area (Å²) in [5, 5.41) is 9.17. The smallest absolute Gasteiger partial charge is 0.307 e. The summed E-state index contributed by atoms with van der Waals surface area (Å²) < 4.78 is 2.03. The van der Waals surface area contributed by atoms with Crippen LogP contribution < -0.4 is 0 Å². The maximum Gasteiger partial charge on any atom is 0.307 e. The third kappa shape index (κ3) is 2.11. The normalized spacial score (nSPS) is 26.2. The molecular formula is C13H17N3O3. The molecule has 102 valence electrons. The van der Waals surface area contributed by atoms with Gasteiger partial charge in [-0.05, 0) is 12.8 Å². The van der Waals surface area contributed by atoms with Gasteiger partial charge in [0.2, 0.25) is 5.91 Å².